The van der Waals surface area contributed by atoms with Gasteiger partial charge in [0.2, 0.25) is 5.91 Å². The van der Waals surface area contributed by atoms with E-state index >= 15 is 0 Å². The second kappa shape index (κ2) is 9.17. The molecule has 0 atom stereocenters. The third-order valence-electron chi connectivity index (χ3n) is 6.28. The Hall–Kier alpha value is -4.27. The van der Waals surface area contributed by atoms with Gasteiger partial charge in [0, 0.05) is 37.9 Å². The number of carbonyl (C=O) groups excluding carboxylic acids is 3. The Morgan fingerprint density at radius 3 is 2.14 bits per heavy atom. The molecule has 3 heterocycles. The van der Waals surface area contributed by atoms with Gasteiger partial charge in [-0.3, -0.25) is 19.3 Å². The molecular formula is C26H26N6O3. The molecule has 3 amide bonds. The maximum Gasteiger partial charge on any atom is 0.262 e. The van der Waals surface area contributed by atoms with Crippen LogP contribution in [0.1, 0.15) is 32.1 Å². The van der Waals surface area contributed by atoms with Gasteiger partial charge in [0.1, 0.15) is 24.0 Å². The molecule has 0 spiro atoms. The molecule has 0 aliphatic carbocycles. The average molecular weight is 471 g/mol. The van der Waals surface area contributed by atoms with E-state index in [1.165, 1.54) is 5.56 Å². The van der Waals surface area contributed by atoms with Crippen molar-refractivity contribution in [1.82, 2.24) is 19.8 Å². The van der Waals surface area contributed by atoms with Crippen molar-refractivity contribution >= 4 is 35.0 Å². The molecule has 9 nitrogen and oxygen atoms in total. The summed E-state index contributed by atoms with van der Waals surface area (Å²) in [7, 11) is 0. The fourth-order valence-electron chi connectivity index (χ4n) is 4.37. The van der Waals surface area contributed by atoms with Crippen molar-refractivity contribution in [2.45, 2.75) is 13.8 Å². The Bertz CT molecular complexity index is 1260. The molecule has 2 aliphatic rings. The molecule has 0 unspecified atom stereocenters. The van der Waals surface area contributed by atoms with E-state index in [-0.39, 0.29) is 12.5 Å². The van der Waals surface area contributed by atoms with Gasteiger partial charge in [0.15, 0.2) is 0 Å². The number of hydrogen-bond acceptors (Lipinski definition) is 7. The van der Waals surface area contributed by atoms with Gasteiger partial charge in [-0.1, -0.05) is 29.8 Å². The van der Waals surface area contributed by atoms with Crippen LogP contribution in [0.2, 0.25) is 0 Å². The first kappa shape index (κ1) is 22.5. The Kier molecular flexibility index (Phi) is 5.90. The number of nitrogens with one attached hydrogen (secondary N) is 1. The molecule has 3 aromatic rings. The number of amides is 3. The van der Waals surface area contributed by atoms with Gasteiger partial charge in [-0.05, 0) is 38.1 Å². The lowest BCUT2D eigenvalue weighted by molar-refractivity contribution is -0.131. The maximum absolute atomic E-state index is 12.9. The summed E-state index contributed by atoms with van der Waals surface area (Å²) in [4.78, 5) is 52.0. The molecule has 35 heavy (non-hydrogen) atoms. The summed E-state index contributed by atoms with van der Waals surface area (Å²) in [6.07, 6.45) is 0. The van der Waals surface area contributed by atoms with Crippen LogP contribution < -0.4 is 10.2 Å². The van der Waals surface area contributed by atoms with E-state index in [4.69, 9.17) is 0 Å². The lowest BCUT2D eigenvalue weighted by Crippen LogP contribution is -2.52. The molecule has 1 N–H and O–H groups in total. The molecule has 5 rings (SSSR count). The van der Waals surface area contributed by atoms with Crippen LogP contribution in [0, 0.1) is 13.8 Å². The Morgan fingerprint density at radius 2 is 1.51 bits per heavy atom. The van der Waals surface area contributed by atoms with Crippen LogP contribution in [0.25, 0.3) is 0 Å². The molecule has 0 bridgehead atoms. The molecule has 1 aromatic heterocycles. The van der Waals surface area contributed by atoms with Crippen molar-refractivity contribution in [3.8, 4) is 0 Å². The predicted molar refractivity (Wildman–Crippen MR) is 132 cm³/mol. The second-order valence-corrected chi connectivity index (χ2v) is 8.76. The second-order valence-electron chi connectivity index (χ2n) is 8.76. The van der Waals surface area contributed by atoms with Crippen LogP contribution in [0.4, 0.5) is 17.3 Å². The summed E-state index contributed by atoms with van der Waals surface area (Å²) in [6.45, 7) is 5.79. The van der Waals surface area contributed by atoms with Gasteiger partial charge in [-0.15, -0.1) is 0 Å². The quantitative estimate of drug-likeness (QED) is 0.573. The zero-order valence-electron chi connectivity index (χ0n) is 19.7. The van der Waals surface area contributed by atoms with E-state index in [9.17, 15) is 14.4 Å². The first-order chi connectivity index (χ1) is 16.9. The smallest absolute Gasteiger partial charge is 0.262 e. The van der Waals surface area contributed by atoms with Crippen LogP contribution in [-0.2, 0) is 4.79 Å². The fourth-order valence-corrected chi connectivity index (χ4v) is 4.37. The lowest BCUT2D eigenvalue weighted by Gasteiger charge is -2.36. The maximum atomic E-state index is 12.9. The molecule has 0 saturated carbocycles. The highest BCUT2D eigenvalue weighted by molar-refractivity contribution is 6.22. The van der Waals surface area contributed by atoms with E-state index in [2.05, 4.69) is 20.2 Å². The van der Waals surface area contributed by atoms with Crippen LogP contribution in [0.5, 0.6) is 0 Å². The van der Waals surface area contributed by atoms with Gasteiger partial charge >= 0.3 is 0 Å². The summed E-state index contributed by atoms with van der Waals surface area (Å²) in [5.74, 6) is 1.09. The summed E-state index contributed by atoms with van der Waals surface area (Å²) >= 11 is 0. The highest BCUT2D eigenvalue weighted by Crippen LogP contribution is 2.24. The van der Waals surface area contributed by atoms with Gasteiger partial charge in [0.25, 0.3) is 11.8 Å². The van der Waals surface area contributed by atoms with Crippen LogP contribution >= 0.6 is 0 Å². The highest BCUT2D eigenvalue weighted by Gasteiger charge is 2.37. The number of benzene rings is 2. The fraction of sp³-hybridized carbons (Fsp3) is 0.269. The molecular weight excluding hydrogens is 444 g/mol. The van der Waals surface area contributed by atoms with Crippen LogP contribution in [0.3, 0.4) is 0 Å². The number of aromatic nitrogens is 2. The van der Waals surface area contributed by atoms with Crippen molar-refractivity contribution in [2.24, 2.45) is 0 Å². The Morgan fingerprint density at radius 1 is 0.886 bits per heavy atom. The summed E-state index contributed by atoms with van der Waals surface area (Å²) in [6, 6.07) is 16.6. The van der Waals surface area contributed by atoms with Crippen molar-refractivity contribution in [1.29, 1.82) is 0 Å². The third-order valence-corrected chi connectivity index (χ3v) is 6.28. The SMILES string of the molecule is Cc1ccc(Nc2cc(N3CCN(C(=O)CN4C(=O)c5ccccc5C4=O)CC3)nc(C)n2)cc1. The molecule has 0 radical (unpaired) electrons. The van der Waals surface area contributed by atoms with E-state index in [0.29, 0.717) is 48.9 Å². The summed E-state index contributed by atoms with van der Waals surface area (Å²) < 4.78 is 0. The number of imide groups is 1. The largest absolute Gasteiger partial charge is 0.353 e. The molecule has 2 aromatic carbocycles. The first-order valence-electron chi connectivity index (χ1n) is 11.6. The first-order valence-corrected chi connectivity index (χ1v) is 11.6. The van der Waals surface area contributed by atoms with Gasteiger partial charge in [-0.25, -0.2) is 9.97 Å². The number of aryl methyl sites for hydroxylation is 2. The number of rotatable bonds is 5. The molecule has 2 aliphatic heterocycles. The molecule has 9 heteroatoms. The van der Waals surface area contributed by atoms with E-state index in [1.54, 1.807) is 29.2 Å². The monoisotopic (exact) mass is 470 g/mol. The standard InChI is InChI=1S/C26H26N6O3/c1-17-7-9-19(10-8-17)29-22-15-23(28-18(2)27-22)30-11-13-31(14-12-30)24(33)16-32-25(34)20-5-3-4-6-21(20)26(32)35/h3-10,15H,11-14,16H2,1-2H3,(H,27,28,29). The summed E-state index contributed by atoms with van der Waals surface area (Å²) in [5.41, 5.74) is 2.84. The zero-order valence-corrected chi connectivity index (χ0v) is 19.7. The molecule has 1 fully saturated rings. The van der Waals surface area contributed by atoms with Crippen molar-refractivity contribution in [3.63, 3.8) is 0 Å². The van der Waals surface area contributed by atoms with E-state index in [0.717, 1.165) is 16.4 Å². The topological polar surface area (TPSA) is 98.7 Å². The highest BCUT2D eigenvalue weighted by atomic mass is 16.2. The molecule has 1 saturated heterocycles. The minimum absolute atomic E-state index is 0.236. The number of piperazine rings is 1. The number of anilines is 3. The van der Waals surface area contributed by atoms with Crippen LogP contribution in [-0.4, -0.2) is 70.2 Å². The zero-order chi connectivity index (χ0) is 24.5. The minimum atomic E-state index is -0.414. The van der Waals surface area contributed by atoms with Crippen LogP contribution in [0.15, 0.2) is 54.6 Å². The predicted octanol–water partition coefficient (Wildman–Crippen LogP) is 2.78. The third kappa shape index (κ3) is 4.57. The van der Waals surface area contributed by atoms with Crippen molar-refractivity contribution < 1.29 is 14.4 Å². The number of nitrogens with zero attached hydrogens (tertiary/aromatic N) is 5. The number of hydrogen-bond donors (Lipinski definition) is 1. The number of carbonyl (C=O) groups is 3. The number of fused-ring (bicyclic) bond motifs is 1. The Labute approximate surface area is 203 Å². The van der Waals surface area contributed by atoms with Gasteiger partial charge in [-0.2, -0.15) is 0 Å². The van der Waals surface area contributed by atoms with Gasteiger partial charge < -0.3 is 15.1 Å². The average Bonchev–Trinajstić information content (AvgIpc) is 3.10. The summed E-state index contributed by atoms with van der Waals surface area (Å²) in [5, 5.41) is 3.32. The van der Waals surface area contributed by atoms with Gasteiger partial charge in [0.05, 0.1) is 11.1 Å². The minimum Gasteiger partial charge on any atom is -0.353 e. The van der Waals surface area contributed by atoms with Crippen molar-refractivity contribution in [2.75, 3.05) is 42.9 Å². The van der Waals surface area contributed by atoms with E-state index < -0.39 is 11.8 Å². The normalized spacial score (nSPS) is 15.4. The van der Waals surface area contributed by atoms with E-state index in [1.807, 2.05) is 44.2 Å². The van der Waals surface area contributed by atoms with Crippen molar-refractivity contribution in [3.05, 3.63) is 77.1 Å². The Balaban J connectivity index is 1.21. The lowest BCUT2D eigenvalue weighted by atomic mass is 10.1. The molecule has 178 valence electrons.